The number of unbranched alkanes of at least 4 members (excludes halogenated alkanes) is 1. The molecule has 1 heterocycles. The maximum atomic E-state index is 12.3. The summed E-state index contributed by atoms with van der Waals surface area (Å²) in [4.78, 5) is 47.3. The van der Waals surface area contributed by atoms with Gasteiger partial charge in [0, 0.05) is 37.2 Å². The highest BCUT2D eigenvalue weighted by Crippen LogP contribution is 2.25. The number of amides is 3. The molecule has 0 unspecified atom stereocenters. The molecule has 0 fully saturated rings. The number of anilines is 1. The van der Waals surface area contributed by atoms with Gasteiger partial charge in [-0.25, -0.2) is 0 Å². The van der Waals surface area contributed by atoms with Gasteiger partial charge in [-0.3, -0.25) is 19.2 Å². The van der Waals surface area contributed by atoms with Crippen LogP contribution in [-0.2, 0) is 27.3 Å². The van der Waals surface area contributed by atoms with Gasteiger partial charge in [0.25, 0.3) is 0 Å². The third kappa shape index (κ3) is 12.4. The maximum absolute atomic E-state index is 12.3. The van der Waals surface area contributed by atoms with E-state index in [-0.39, 0.29) is 37.0 Å². The van der Waals surface area contributed by atoms with Gasteiger partial charge in [-0.1, -0.05) is 91.1 Å². The highest BCUT2D eigenvalue weighted by atomic mass is 35.5. The number of nitrogens with zero attached hydrogens (tertiary/aromatic N) is 1. The Hall–Kier alpha value is -3.72. The Balaban J connectivity index is 0.000000267. The number of benzene rings is 3. The predicted octanol–water partition coefficient (Wildman–Crippen LogP) is 5.66. The van der Waals surface area contributed by atoms with E-state index in [0.29, 0.717) is 34.3 Å². The lowest BCUT2D eigenvalue weighted by Gasteiger charge is -2.28. The predicted molar refractivity (Wildman–Crippen MR) is 169 cm³/mol. The molecule has 3 aromatic carbocycles. The zero-order valence-electron chi connectivity index (χ0n) is 23.8. The van der Waals surface area contributed by atoms with Crippen molar-refractivity contribution in [3.63, 3.8) is 0 Å². The number of carbonyl (C=O) groups is 4. The highest BCUT2D eigenvalue weighted by Gasteiger charge is 2.20. The lowest BCUT2D eigenvalue weighted by Crippen LogP contribution is -2.36. The van der Waals surface area contributed by atoms with Crippen molar-refractivity contribution in [1.29, 1.82) is 0 Å². The summed E-state index contributed by atoms with van der Waals surface area (Å²) in [6.45, 7) is 4.30. The third-order valence-corrected chi connectivity index (χ3v) is 6.99. The van der Waals surface area contributed by atoms with Crippen molar-refractivity contribution in [2.45, 2.75) is 45.6 Å². The van der Waals surface area contributed by atoms with E-state index in [1.807, 2.05) is 35.2 Å². The number of hydrogen-bond donors (Lipinski definition) is 3. The Labute approximate surface area is 257 Å². The van der Waals surface area contributed by atoms with Crippen molar-refractivity contribution >= 4 is 52.9 Å². The van der Waals surface area contributed by atoms with Crippen LogP contribution in [0.5, 0.6) is 0 Å². The summed E-state index contributed by atoms with van der Waals surface area (Å²) >= 11 is 11.4. The molecule has 0 saturated carbocycles. The van der Waals surface area contributed by atoms with E-state index in [0.717, 1.165) is 19.5 Å². The molecule has 0 atom stereocenters. The summed E-state index contributed by atoms with van der Waals surface area (Å²) in [7, 11) is 0. The molecular weight excluding hydrogens is 575 g/mol. The molecule has 0 aromatic heterocycles. The molecular formula is C32H38Cl2N4O4. The molecule has 1 aliphatic heterocycles. The van der Waals surface area contributed by atoms with Crippen LogP contribution in [0.1, 0.15) is 54.1 Å². The standard InChI is InChI=1S/C19H19NO2.C9H8Cl2N2O2.C4H11N/c21-18(16-7-2-1-3-8-16)10-11-19(22)20-13-12-15-6-4-5-9-17(15)14-20;10-7-2-1-6(3-8(7)11)13-9(15)4-12-5-14;1-2-3-4-5/h1-9H,10-14H2;1-3,5H,4H2,(H,12,14)(H,13,15);2-5H2,1H3. The van der Waals surface area contributed by atoms with E-state index in [9.17, 15) is 19.2 Å². The van der Waals surface area contributed by atoms with Gasteiger partial charge in [0.1, 0.15) is 0 Å². The highest BCUT2D eigenvalue weighted by molar-refractivity contribution is 6.42. The Bertz CT molecular complexity index is 1300. The second-order valence-corrected chi connectivity index (χ2v) is 10.3. The fraction of sp³-hybridized carbons (Fsp3) is 0.312. The van der Waals surface area contributed by atoms with E-state index in [1.54, 1.807) is 24.3 Å². The molecule has 224 valence electrons. The number of hydrogen-bond acceptors (Lipinski definition) is 5. The lowest BCUT2D eigenvalue weighted by molar-refractivity contribution is -0.132. The van der Waals surface area contributed by atoms with Crippen molar-refractivity contribution in [3.8, 4) is 0 Å². The average molecular weight is 614 g/mol. The molecule has 0 saturated heterocycles. The third-order valence-electron chi connectivity index (χ3n) is 6.25. The number of fused-ring (bicyclic) bond motifs is 1. The van der Waals surface area contributed by atoms with Crippen LogP contribution in [-0.4, -0.2) is 48.5 Å². The Kier molecular flexibility index (Phi) is 15.9. The van der Waals surface area contributed by atoms with E-state index in [4.69, 9.17) is 28.9 Å². The van der Waals surface area contributed by atoms with Crippen LogP contribution in [0, 0.1) is 0 Å². The molecule has 0 radical (unpaired) electrons. The maximum Gasteiger partial charge on any atom is 0.243 e. The molecule has 42 heavy (non-hydrogen) atoms. The fourth-order valence-corrected chi connectivity index (χ4v) is 4.27. The largest absolute Gasteiger partial charge is 0.350 e. The number of nitrogens with one attached hydrogen (secondary N) is 2. The van der Waals surface area contributed by atoms with Crippen molar-refractivity contribution in [2.75, 3.05) is 25.0 Å². The molecule has 1 aliphatic rings. The van der Waals surface area contributed by atoms with Crippen molar-refractivity contribution < 1.29 is 19.2 Å². The van der Waals surface area contributed by atoms with Gasteiger partial charge in [-0.15, -0.1) is 0 Å². The Morgan fingerprint density at radius 1 is 0.929 bits per heavy atom. The van der Waals surface area contributed by atoms with E-state index in [1.165, 1.54) is 30.0 Å². The van der Waals surface area contributed by atoms with Crippen molar-refractivity contribution in [2.24, 2.45) is 5.73 Å². The fourth-order valence-electron chi connectivity index (χ4n) is 3.97. The SMILES string of the molecule is CCCCN.O=C(CCC(=O)N1CCc2ccccc2C1)c1ccccc1.O=CNCC(=O)Nc1ccc(Cl)c(Cl)c1. The van der Waals surface area contributed by atoms with Crippen molar-refractivity contribution in [3.05, 3.63) is 99.5 Å². The van der Waals surface area contributed by atoms with Gasteiger partial charge in [0.05, 0.1) is 16.6 Å². The first kappa shape index (κ1) is 34.5. The van der Waals surface area contributed by atoms with Crippen LogP contribution < -0.4 is 16.4 Å². The smallest absolute Gasteiger partial charge is 0.243 e. The number of nitrogens with two attached hydrogens (primary N) is 1. The first-order valence-corrected chi connectivity index (χ1v) is 14.6. The normalized spacial score (nSPS) is 11.5. The van der Waals surface area contributed by atoms with Gasteiger partial charge in [0.15, 0.2) is 5.78 Å². The van der Waals surface area contributed by atoms with Gasteiger partial charge < -0.3 is 21.3 Å². The van der Waals surface area contributed by atoms with Gasteiger partial charge in [0.2, 0.25) is 18.2 Å². The second-order valence-electron chi connectivity index (χ2n) is 9.44. The zero-order chi connectivity index (χ0) is 30.7. The van der Waals surface area contributed by atoms with E-state index >= 15 is 0 Å². The Morgan fingerprint density at radius 3 is 2.24 bits per heavy atom. The van der Waals surface area contributed by atoms with E-state index < -0.39 is 0 Å². The minimum atomic E-state index is -0.333. The molecule has 10 heteroatoms. The number of Topliss-reactive ketones (excluding diaryl/α,β-unsaturated/α-hetero) is 1. The molecule has 4 N–H and O–H groups in total. The van der Waals surface area contributed by atoms with E-state index in [2.05, 4.69) is 29.7 Å². The first-order valence-electron chi connectivity index (χ1n) is 13.8. The minimum Gasteiger partial charge on any atom is -0.350 e. The second kappa shape index (κ2) is 19.4. The number of carbonyl (C=O) groups excluding carboxylic acids is 4. The number of halogens is 2. The van der Waals surface area contributed by atoms with Gasteiger partial charge in [-0.2, -0.15) is 0 Å². The topological polar surface area (TPSA) is 122 Å². The number of ketones is 1. The molecule has 3 amide bonds. The van der Waals surface area contributed by atoms with Crippen LogP contribution in [0.25, 0.3) is 0 Å². The summed E-state index contributed by atoms with van der Waals surface area (Å²) in [5.74, 6) is -0.231. The van der Waals surface area contributed by atoms with Gasteiger partial charge >= 0.3 is 0 Å². The Morgan fingerprint density at radius 2 is 1.62 bits per heavy atom. The molecule has 0 spiro atoms. The summed E-state index contributed by atoms with van der Waals surface area (Å²) in [6.07, 6.45) is 4.30. The van der Waals surface area contributed by atoms with Crippen molar-refractivity contribution in [1.82, 2.24) is 10.2 Å². The quantitative estimate of drug-likeness (QED) is 0.201. The van der Waals surface area contributed by atoms with Crippen LogP contribution in [0.15, 0.2) is 72.8 Å². The zero-order valence-corrected chi connectivity index (χ0v) is 25.3. The van der Waals surface area contributed by atoms with Crippen LogP contribution in [0.3, 0.4) is 0 Å². The monoisotopic (exact) mass is 612 g/mol. The molecule has 3 aromatic rings. The van der Waals surface area contributed by atoms with Crippen LogP contribution in [0.4, 0.5) is 5.69 Å². The summed E-state index contributed by atoms with van der Waals surface area (Å²) in [5.41, 5.74) is 8.89. The van der Waals surface area contributed by atoms with Crippen LogP contribution >= 0.6 is 23.2 Å². The molecule has 0 aliphatic carbocycles. The molecule has 8 nitrogen and oxygen atoms in total. The summed E-state index contributed by atoms with van der Waals surface area (Å²) < 4.78 is 0. The van der Waals surface area contributed by atoms with Gasteiger partial charge in [-0.05, 0) is 48.7 Å². The summed E-state index contributed by atoms with van der Waals surface area (Å²) in [5, 5.41) is 5.56. The molecule has 4 rings (SSSR count). The van der Waals surface area contributed by atoms with Crippen LogP contribution in [0.2, 0.25) is 10.0 Å². The minimum absolute atomic E-state index is 0.0337. The summed E-state index contributed by atoms with van der Waals surface area (Å²) in [6, 6.07) is 22.1. The number of rotatable bonds is 10. The average Bonchev–Trinajstić information content (AvgIpc) is 3.01. The molecule has 0 bridgehead atoms. The lowest BCUT2D eigenvalue weighted by atomic mass is 9.99. The first-order chi connectivity index (χ1) is 20.3.